The Hall–Kier alpha value is -2.01. The van der Waals surface area contributed by atoms with Gasteiger partial charge in [-0.15, -0.1) is 0 Å². The van der Waals surface area contributed by atoms with Crippen LogP contribution in [0, 0.1) is 6.92 Å². The van der Waals surface area contributed by atoms with Gasteiger partial charge in [-0.25, -0.2) is 9.48 Å². The Labute approximate surface area is 109 Å². The van der Waals surface area contributed by atoms with Crippen molar-refractivity contribution in [1.82, 2.24) is 9.78 Å². The molecule has 0 bridgehead atoms. The second-order valence-electron chi connectivity index (χ2n) is 3.74. The number of ether oxygens (including phenoxy) is 1. The minimum absolute atomic E-state index is 0.161. The van der Waals surface area contributed by atoms with Crippen molar-refractivity contribution in [3.8, 4) is 5.69 Å². The van der Waals surface area contributed by atoms with Crippen LogP contribution in [-0.2, 0) is 4.74 Å². The molecule has 2 rings (SSSR count). The van der Waals surface area contributed by atoms with Crippen molar-refractivity contribution in [2.45, 2.75) is 6.92 Å². The fourth-order valence-corrected chi connectivity index (χ4v) is 1.79. The highest BCUT2D eigenvalue weighted by molar-refractivity contribution is 6.31. The van der Waals surface area contributed by atoms with Gasteiger partial charge in [0.15, 0.2) is 5.69 Å². The number of hydrogen-bond acceptors (Lipinski definition) is 4. The van der Waals surface area contributed by atoms with Gasteiger partial charge in [0, 0.05) is 11.1 Å². The Kier molecular flexibility index (Phi) is 3.25. The summed E-state index contributed by atoms with van der Waals surface area (Å²) >= 11 is 6.04. The van der Waals surface area contributed by atoms with Crippen molar-refractivity contribution in [2.75, 3.05) is 12.8 Å². The molecule has 0 aliphatic rings. The second kappa shape index (κ2) is 4.70. The third kappa shape index (κ3) is 2.04. The van der Waals surface area contributed by atoms with Gasteiger partial charge in [0.25, 0.3) is 0 Å². The molecular formula is C12H12ClN3O2. The zero-order chi connectivity index (χ0) is 13.3. The van der Waals surface area contributed by atoms with Crippen LogP contribution >= 0.6 is 11.6 Å². The van der Waals surface area contributed by atoms with Crippen molar-refractivity contribution in [3.05, 3.63) is 40.5 Å². The molecular weight excluding hydrogens is 254 g/mol. The molecule has 0 saturated heterocycles. The van der Waals surface area contributed by atoms with Crippen molar-refractivity contribution in [3.63, 3.8) is 0 Å². The Balaban J connectivity index is 2.54. The van der Waals surface area contributed by atoms with Crippen LogP contribution in [0.3, 0.4) is 0 Å². The first-order valence-electron chi connectivity index (χ1n) is 5.24. The van der Waals surface area contributed by atoms with Crippen LogP contribution in [-0.4, -0.2) is 22.9 Å². The number of methoxy groups -OCH3 is 1. The minimum Gasteiger partial charge on any atom is -0.464 e. The summed E-state index contributed by atoms with van der Waals surface area (Å²) < 4.78 is 6.06. The standard InChI is InChI=1S/C12H12ClN3O2/c1-7-8(13)4-3-5-10(7)16-11(14)6-9(15-16)12(17)18-2/h3-6H,14H2,1-2H3. The van der Waals surface area contributed by atoms with E-state index in [4.69, 9.17) is 17.3 Å². The van der Waals surface area contributed by atoms with Crippen LogP contribution < -0.4 is 5.73 Å². The molecule has 2 aromatic rings. The number of nitrogens with zero attached hydrogens (tertiary/aromatic N) is 2. The molecule has 0 fully saturated rings. The lowest BCUT2D eigenvalue weighted by molar-refractivity contribution is 0.0593. The van der Waals surface area contributed by atoms with Gasteiger partial charge in [-0.3, -0.25) is 0 Å². The number of hydrogen-bond donors (Lipinski definition) is 1. The number of nitrogens with two attached hydrogens (primary N) is 1. The lowest BCUT2D eigenvalue weighted by atomic mass is 10.2. The summed E-state index contributed by atoms with van der Waals surface area (Å²) in [5, 5.41) is 4.72. The average molecular weight is 266 g/mol. The van der Waals surface area contributed by atoms with Crippen molar-refractivity contribution < 1.29 is 9.53 Å². The van der Waals surface area contributed by atoms with E-state index in [2.05, 4.69) is 9.84 Å². The quantitative estimate of drug-likeness (QED) is 0.845. The lowest BCUT2D eigenvalue weighted by Crippen LogP contribution is -2.06. The summed E-state index contributed by atoms with van der Waals surface area (Å²) in [7, 11) is 1.29. The van der Waals surface area contributed by atoms with Gasteiger partial charge in [0.2, 0.25) is 0 Å². The van der Waals surface area contributed by atoms with E-state index in [0.717, 1.165) is 11.3 Å². The van der Waals surface area contributed by atoms with E-state index in [0.29, 0.717) is 10.8 Å². The zero-order valence-electron chi connectivity index (χ0n) is 9.98. The van der Waals surface area contributed by atoms with Crippen LogP contribution in [0.1, 0.15) is 16.1 Å². The van der Waals surface area contributed by atoms with Crippen LogP contribution in [0.4, 0.5) is 5.82 Å². The average Bonchev–Trinajstić information content (AvgIpc) is 2.74. The molecule has 0 radical (unpaired) electrons. The third-order valence-electron chi connectivity index (χ3n) is 2.60. The summed E-state index contributed by atoms with van der Waals surface area (Å²) in [5.41, 5.74) is 7.57. The topological polar surface area (TPSA) is 70.1 Å². The molecule has 0 unspecified atom stereocenters. The Morgan fingerprint density at radius 2 is 2.22 bits per heavy atom. The van der Waals surface area contributed by atoms with E-state index in [1.165, 1.54) is 17.9 Å². The molecule has 1 aromatic carbocycles. The van der Waals surface area contributed by atoms with Crippen molar-refractivity contribution in [1.29, 1.82) is 0 Å². The molecule has 0 amide bonds. The number of carbonyl (C=O) groups is 1. The summed E-state index contributed by atoms with van der Waals surface area (Å²) in [6, 6.07) is 6.86. The number of halogens is 1. The summed E-state index contributed by atoms with van der Waals surface area (Å²) in [6.45, 7) is 1.86. The fourth-order valence-electron chi connectivity index (χ4n) is 1.62. The smallest absolute Gasteiger partial charge is 0.358 e. The molecule has 0 saturated carbocycles. The monoisotopic (exact) mass is 265 g/mol. The minimum atomic E-state index is -0.528. The van der Waals surface area contributed by atoms with E-state index >= 15 is 0 Å². The molecule has 0 aliphatic carbocycles. The summed E-state index contributed by atoms with van der Waals surface area (Å²) in [5.74, 6) is -0.180. The number of rotatable bonds is 2. The zero-order valence-corrected chi connectivity index (χ0v) is 10.7. The van der Waals surface area contributed by atoms with E-state index in [9.17, 15) is 4.79 Å². The highest BCUT2D eigenvalue weighted by Crippen LogP contribution is 2.24. The normalized spacial score (nSPS) is 10.4. The van der Waals surface area contributed by atoms with Gasteiger partial charge >= 0.3 is 5.97 Å². The van der Waals surface area contributed by atoms with Crippen LogP contribution in [0.5, 0.6) is 0 Å². The second-order valence-corrected chi connectivity index (χ2v) is 4.15. The van der Waals surface area contributed by atoms with Crippen molar-refractivity contribution >= 4 is 23.4 Å². The van der Waals surface area contributed by atoms with Gasteiger partial charge in [0.1, 0.15) is 5.82 Å². The Morgan fingerprint density at radius 3 is 2.89 bits per heavy atom. The molecule has 0 spiro atoms. The highest BCUT2D eigenvalue weighted by Gasteiger charge is 2.15. The number of benzene rings is 1. The molecule has 2 N–H and O–H groups in total. The first-order valence-corrected chi connectivity index (χ1v) is 5.61. The van der Waals surface area contributed by atoms with Crippen molar-refractivity contribution in [2.24, 2.45) is 0 Å². The molecule has 0 atom stereocenters. The van der Waals surface area contributed by atoms with Crippen LogP contribution in [0.25, 0.3) is 5.69 Å². The number of carbonyl (C=O) groups excluding carboxylic acids is 1. The Bertz CT molecular complexity index is 607. The molecule has 1 aromatic heterocycles. The highest BCUT2D eigenvalue weighted by atomic mass is 35.5. The molecule has 1 heterocycles. The van der Waals surface area contributed by atoms with Gasteiger partial charge in [-0.1, -0.05) is 17.7 Å². The summed E-state index contributed by atoms with van der Waals surface area (Å²) in [4.78, 5) is 11.4. The van der Waals surface area contributed by atoms with Gasteiger partial charge in [-0.2, -0.15) is 5.10 Å². The molecule has 6 heteroatoms. The summed E-state index contributed by atoms with van der Waals surface area (Å²) in [6.07, 6.45) is 0. The van der Waals surface area contributed by atoms with Gasteiger partial charge < -0.3 is 10.5 Å². The maximum atomic E-state index is 11.4. The molecule has 94 valence electrons. The van der Waals surface area contributed by atoms with Gasteiger partial charge in [0.05, 0.1) is 12.8 Å². The van der Waals surface area contributed by atoms with E-state index in [1.807, 2.05) is 13.0 Å². The maximum absolute atomic E-state index is 11.4. The largest absolute Gasteiger partial charge is 0.464 e. The molecule has 0 aliphatic heterocycles. The number of aromatic nitrogens is 2. The van der Waals surface area contributed by atoms with Crippen LogP contribution in [0.15, 0.2) is 24.3 Å². The fraction of sp³-hybridized carbons (Fsp3) is 0.167. The maximum Gasteiger partial charge on any atom is 0.358 e. The van der Waals surface area contributed by atoms with Gasteiger partial charge in [-0.05, 0) is 24.6 Å². The predicted molar refractivity (Wildman–Crippen MR) is 69.1 cm³/mol. The molecule has 18 heavy (non-hydrogen) atoms. The Morgan fingerprint density at radius 1 is 1.50 bits per heavy atom. The molecule has 5 nitrogen and oxygen atoms in total. The number of nitrogen functional groups attached to an aromatic ring is 1. The first kappa shape index (κ1) is 12.4. The third-order valence-corrected chi connectivity index (χ3v) is 3.01. The lowest BCUT2D eigenvalue weighted by Gasteiger charge is -2.08. The SMILES string of the molecule is COC(=O)c1cc(N)n(-c2cccc(Cl)c2C)n1. The van der Waals surface area contributed by atoms with Crippen LogP contribution in [0.2, 0.25) is 5.02 Å². The first-order chi connectivity index (χ1) is 8.54. The number of esters is 1. The van der Waals surface area contributed by atoms with E-state index < -0.39 is 5.97 Å². The van der Waals surface area contributed by atoms with E-state index in [-0.39, 0.29) is 5.69 Å². The number of anilines is 1. The van der Waals surface area contributed by atoms with E-state index in [1.54, 1.807) is 12.1 Å². The predicted octanol–water partition coefficient (Wildman–Crippen LogP) is 2.20.